The number of carbonyl (C=O) groups is 1. The third-order valence-corrected chi connectivity index (χ3v) is 2.80. The number of nitrogens with one attached hydrogen (secondary N) is 1. The van der Waals surface area contributed by atoms with Crippen molar-refractivity contribution in [2.45, 2.75) is 31.1 Å². The molecule has 0 atom stereocenters. The van der Waals surface area contributed by atoms with Crippen molar-refractivity contribution in [1.82, 2.24) is 4.57 Å². The van der Waals surface area contributed by atoms with Crippen LogP contribution in [0.1, 0.15) is 26.3 Å². The van der Waals surface area contributed by atoms with Crippen LogP contribution in [0.15, 0.2) is 24.5 Å². The molecule has 0 unspecified atom stereocenters. The number of alkyl halides is 2. The summed E-state index contributed by atoms with van der Waals surface area (Å²) in [5.74, 6) is 0.319. The van der Waals surface area contributed by atoms with Crippen molar-refractivity contribution in [3.8, 4) is 6.07 Å². The Morgan fingerprint density at radius 2 is 2.16 bits per heavy atom. The van der Waals surface area contributed by atoms with Crippen LogP contribution in [-0.4, -0.2) is 15.2 Å². The minimum Gasteiger partial charge on any atom is -0.348 e. The molecule has 1 rings (SSSR count). The van der Waals surface area contributed by atoms with E-state index in [1.165, 1.54) is 12.3 Å². The highest BCUT2D eigenvalue weighted by atomic mass is 35.5. The number of hydrogen-bond donors (Lipinski definition) is 1. The van der Waals surface area contributed by atoms with Crippen molar-refractivity contribution in [3.63, 3.8) is 0 Å². The molecular weight excluding hydrogens is 285 g/mol. The first-order valence-electron chi connectivity index (χ1n) is 5.63. The SMILES string of the molecule is CC(C)(C)n1cc(C#N)cc1N/C=C\C(=O)C(Cl)Cl. The zero-order valence-corrected chi connectivity index (χ0v) is 12.5. The van der Waals surface area contributed by atoms with Crippen LogP contribution in [0.4, 0.5) is 5.82 Å². The summed E-state index contributed by atoms with van der Waals surface area (Å²) in [5.41, 5.74) is 0.362. The number of carbonyl (C=O) groups excluding carboxylic acids is 1. The lowest BCUT2D eigenvalue weighted by Gasteiger charge is -2.24. The van der Waals surface area contributed by atoms with E-state index in [-0.39, 0.29) is 5.54 Å². The Bertz CT molecular complexity index is 533. The van der Waals surface area contributed by atoms with E-state index in [9.17, 15) is 4.79 Å². The molecule has 1 aromatic heterocycles. The molecule has 0 radical (unpaired) electrons. The monoisotopic (exact) mass is 299 g/mol. The number of anilines is 1. The molecule has 1 heterocycles. The molecular formula is C13H15Cl2N3O. The van der Waals surface area contributed by atoms with Gasteiger partial charge in [-0.25, -0.2) is 0 Å². The molecule has 0 bridgehead atoms. The van der Waals surface area contributed by atoms with E-state index in [4.69, 9.17) is 28.5 Å². The third-order valence-electron chi connectivity index (χ3n) is 2.37. The fourth-order valence-electron chi connectivity index (χ4n) is 1.47. The van der Waals surface area contributed by atoms with Crippen LogP contribution in [0.3, 0.4) is 0 Å². The van der Waals surface area contributed by atoms with Crippen molar-refractivity contribution in [2.75, 3.05) is 5.32 Å². The van der Waals surface area contributed by atoms with Gasteiger partial charge in [0.25, 0.3) is 0 Å². The van der Waals surface area contributed by atoms with Gasteiger partial charge in [0.15, 0.2) is 10.6 Å². The zero-order chi connectivity index (χ0) is 14.6. The van der Waals surface area contributed by atoms with Crippen LogP contribution in [0.25, 0.3) is 0 Å². The van der Waals surface area contributed by atoms with Crippen LogP contribution < -0.4 is 5.32 Å². The van der Waals surface area contributed by atoms with Gasteiger partial charge in [-0.15, -0.1) is 0 Å². The average molecular weight is 300 g/mol. The topological polar surface area (TPSA) is 57.8 Å². The van der Waals surface area contributed by atoms with Gasteiger partial charge in [0.1, 0.15) is 11.9 Å². The zero-order valence-electron chi connectivity index (χ0n) is 10.9. The fourth-order valence-corrected chi connectivity index (χ4v) is 1.62. The second-order valence-electron chi connectivity index (χ2n) is 4.95. The molecule has 0 spiro atoms. The van der Waals surface area contributed by atoms with Gasteiger partial charge < -0.3 is 9.88 Å². The normalized spacial score (nSPS) is 11.8. The molecule has 6 heteroatoms. The summed E-state index contributed by atoms with van der Waals surface area (Å²) >= 11 is 10.9. The van der Waals surface area contributed by atoms with Gasteiger partial charge in [-0.05, 0) is 26.8 Å². The van der Waals surface area contributed by atoms with E-state index in [0.29, 0.717) is 11.4 Å². The smallest absolute Gasteiger partial charge is 0.189 e. The van der Waals surface area contributed by atoms with Crippen molar-refractivity contribution >= 4 is 34.8 Å². The summed E-state index contributed by atoms with van der Waals surface area (Å²) in [6, 6.07) is 3.79. The van der Waals surface area contributed by atoms with Crippen LogP contribution >= 0.6 is 23.2 Å². The number of rotatable bonds is 4. The van der Waals surface area contributed by atoms with Crippen LogP contribution in [-0.2, 0) is 10.3 Å². The Balaban J connectivity index is 2.93. The molecule has 0 aliphatic carbocycles. The second-order valence-corrected chi connectivity index (χ2v) is 6.04. The summed E-state index contributed by atoms with van der Waals surface area (Å²) < 4.78 is 1.92. The lowest BCUT2D eigenvalue weighted by molar-refractivity contribution is -0.113. The Morgan fingerprint density at radius 3 is 2.63 bits per heavy atom. The van der Waals surface area contributed by atoms with Crippen molar-refractivity contribution < 1.29 is 4.79 Å². The van der Waals surface area contributed by atoms with E-state index >= 15 is 0 Å². The average Bonchev–Trinajstić information content (AvgIpc) is 2.72. The number of allylic oxidation sites excluding steroid dienone is 1. The maximum Gasteiger partial charge on any atom is 0.189 e. The number of aromatic nitrogens is 1. The molecule has 0 amide bonds. The molecule has 0 aliphatic heterocycles. The number of hydrogen-bond acceptors (Lipinski definition) is 3. The minimum atomic E-state index is -1.07. The number of halogens is 2. The van der Waals surface area contributed by atoms with E-state index in [0.717, 1.165) is 0 Å². The Kier molecular flexibility index (Phi) is 5.04. The summed E-state index contributed by atoms with van der Waals surface area (Å²) in [6.45, 7) is 6.05. The highest BCUT2D eigenvalue weighted by Gasteiger charge is 2.17. The first-order valence-corrected chi connectivity index (χ1v) is 6.51. The van der Waals surface area contributed by atoms with Gasteiger partial charge in [0.2, 0.25) is 0 Å². The number of nitrogens with zero attached hydrogens (tertiary/aromatic N) is 2. The standard InChI is InChI=1S/C13H15Cl2N3O/c1-13(2,3)18-8-9(7-16)6-11(18)17-5-4-10(19)12(14)15/h4-6,8,12,17H,1-3H3/b5-4-. The molecule has 0 saturated heterocycles. The van der Waals surface area contributed by atoms with Gasteiger partial charge in [0, 0.05) is 24.0 Å². The van der Waals surface area contributed by atoms with Crippen molar-refractivity contribution in [2.24, 2.45) is 0 Å². The second kappa shape index (κ2) is 6.14. The van der Waals surface area contributed by atoms with E-state index < -0.39 is 10.6 Å². The largest absolute Gasteiger partial charge is 0.348 e. The summed E-state index contributed by atoms with van der Waals surface area (Å²) in [5, 5.41) is 11.9. The minimum absolute atomic E-state index is 0.184. The predicted molar refractivity (Wildman–Crippen MR) is 77.4 cm³/mol. The Hall–Kier alpha value is -1.44. The lowest BCUT2D eigenvalue weighted by Crippen LogP contribution is -2.22. The number of ketones is 1. The van der Waals surface area contributed by atoms with E-state index in [1.807, 2.05) is 25.3 Å². The molecule has 1 aromatic rings. The van der Waals surface area contributed by atoms with Crippen LogP contribution in [0.2, 0.25) is 0 Å². The van der Waals surface area contributed by atoms with Gasteiger partial charge in [0.05, 0.1) is 5.56 Å². The predicted octanol–water partition coefficient (Wildman–Crippen LogP) is 3.41. The molecule has 0 aliphatic rings. The van der Waals surface area contributed by atoms with Crippen LogP contribution in [0, 0.1) is 11.3 Å². The highest BCUT2D eigenvalue weighted by Crippen LogP contribution is 2.23. The number of nitriles is 1. The van der Waals surface area contributed by atoms with Crippen molar-refractivity contribution in [3.05, 3.63) is 30.1 Å². The van der Waals surface area contributed by atoms with Gasteiger partial charge in [-0.3, -0.25) is 4.79 Å². The quantitative estimate of drug-likeness (QED) is 0.684. The van der Waals surface area contributed by atoms with Gasteiger partial charge in [-0.1, -0.05) is 23.2 Å². The first-order chi connectivity index (χ1) is 8.75. The maximum atomic E-state index is 11.2. The van der Waals surface area contributed by atoms with Gasteiger partial charge in [-0.2, -0.15) is 5.26 Å². The summed E-state index contributed by atoms with van der Waals surface area (Å²) in [7, 11) is 0. The van der Waals surface area contributed by atoms with Gasteiger partial charge >= 0.3 is 0 Å². The summed E-state index contributed by atoms with van der Waals surface area (Å²) in [4.78, 5) is 10.2. The molecule has 19 heavy (non-hydrogen) atoms. The van der Waals surface area contributed by atoms with Crippen molar-refractivity contribution in [1.29, 1.82) is 5.26 Å². The molecule has 0 fully saturated rings. The molecule has 102 valence electrons. The van der Waals surface area contributed by atoms with E-state index in [1.54, 1.807) is 12.3 Å². The molecule has 0 saturated carbocycles. The lowest BCUT2D eigenvalue weighted by atomic mass is 10.1. The maximum absolute atomic E-state index is 11.2. The highest BCUT2D eigenvalue weighted by molar-refractivity contribution is 6.54. The molecule has 1 N–H and O–H groups in total. The molecule has 0 aromatic carbocycles. The first kappa shape index (κ1) is 15.6. The third kappa shape index (κ3) is 4.30. The molecule has 4 nitrogen and oxygen atoms in total. The fraction of sp³-hybridized carbons (Fsp3) is 0.385. The van der Waals surface area contributed by atoms with E-state index in [2.05, 4.69) is 11.4 Å². The summed E-state index contributed by atoms with van der Waals surface area (Å²) in [6.07, 6.45) is 4.47. The Labute approximate surface area is 122 Å². The van der Waals surface area contributed by atoms with Crippen LogP contribution in [0.5, 0.6) is 0 Å². The Morgan fingerprint density at radius 1 is 1.53 bits per heavy atom.